The molecule has 0 heterocycles. The molecule has 0 radical (unpaired) electrons. The minimum absolute atomic E-state index is 0.0803. The monoisotopic (exact) mass is 447 g/mol. The van der Waals surface area contributed by atoms with Crippen LogP contribution < -0.4 is 0 Å². The maximum absolute atomic E-state index is 12.2. The highest BCUT2D eigenvalue weighted by molar-refractivity contribution is 7.90. The molecule has 4 nitrogen and oxygen atoms in total. The highest BCUT2D eigenvalue weighted by Gasteiger charge is 2.15. The van der Waals surface area contributed by atoms with Crippen LogP contribution in [0.4, 0.5) is 0 Å². The Morgan fingerprint density at radius 3 is 1.78 bits per heavy atom. The number of aliphatic imine (C=N–C) groups is 1. The van der Waals surface area contributed by atoms with Crippen LogP contribution in [0.1, 0.15) is 30.5 Å². The summed E-state index contributed by atoms with van der Waals surface area (Å²) in [6.07, 6.45) is 3.93. The van der Waals surface area contributed by atoms with E-state index in [-0.39, 0.29) is 10.7 Å². The Hall–Kier alpha value is -3.31. The van der Waals surface area contributed by atoms with Gasteiger partial charge in [-0.3, -0.25) is 9.79 Å². The summed E-state index contributed by atoms with van der Waals surface area (Å²) in [5, 5.41) is 0. The minimum Gasteiger partial charge on any atom is -0.296 e. The van der Waals surface area contributed by atoms with E-state index < -0.39 is 9.84 Å². The maximum Gasteiger partial charge on any atom is 0.175 e. The summed E-state index contributed by atoms with van der Waals surface area (Å²) in [6, 6.07) is 26.3. The lowest BCUT2D eigenvalue weighted by Gasteiger charge is -2.11. The number of sulfone groups is 1. The lowest BCUT2D eigenvalue weighted by Crippen LogP contribution is -2.03. The summed E-state index contributed by atoms with van der Waals surface area (Å²) < 4.78 is 23.2. The summed E-state index contributed by atoms with van der Waals surface area (Å²) in [6.45, 7) is 3.67. The average Bonchev–Trinajstić information content (AvgIpc) is 2.80. The summed E-state index contributed by atoms with van der Waals surface area (Å²) >= 11 is 0. The van der Waals surface area contributed by atoms with E-state index in [0.717, 1.165) is 23.8 Å². The molecule has 3 rings (SSSR count). The Morgan fingerprint density at radius 2 is 1.38 bits per heavy atom. The zero-order valence-electron chi connectivity index (χ0n) is 18.9. The largest absolute Gasteiger partial charge is 0.296 e. The first kappa shape index (κ1) is 25.0. The van der Waals surface area contributed by atoms with Crippen molar-refractivity contribution in [2.45, 2.75) is 25.2 Å². The van der Waals surface area contributed by atoms with Crippen molar-refractivity contribution in [1.82, 2.24) is 0 Å². The number of hydrogen-bond acceptors (Lipinski definition) is 4. The lowest BCUT2D eigenvalue weighted by molar-refractivity contribution is -0.111. The van der Waals surface area contributed by atoms with Crippen LogP contribution in [0, 0.1) is 0 Å². The van der Waals surface area contributed by atoms with Crippen molar-refractivity contribution in [3.63, 3.8) is 0 Å². The fraction of sp³-hybridized carbons (Fsp3) is 0.185. The fourth-order valence-corrected chi connectivity index (χ4v) is 3.79. The molecule has 0 amide bonds. The van der Waals surface area contributed by atoms with Crippen molar-refractivity contribution >= 4 is 33.0 Å². The summed E-state index contributed by atoms with van der Waals surface area (Å²) in [5.74, 6) is -0.0803. The van der Waals surface area contributed by atoms with Crippen molar-refractivity contribution in [3.05, 3.63) is 102 Å². The SMILES string of the molecule is CCc1ccccc1.CN=C/C(=C(\C(C)=O)c1ccccc1)c1ccc(S(C)(=O)=O)cc1. The number of Topliss-reactive ketones (excluding diaryl/α,β-unsaturated/α-hetero) is 1. The molecule has 0 saturated carbocycles. The maximum atomic E-state index is 12.2. The number of carbonyl (C=O) groups excluding carboxylic acids is 1. The topological polar surface area (TPSA) is 63.6 Å². The standard InChI is InChI=1S/C19H19NO3S.C8H10/c1-14(21)19(16-7-5-4-6-8-16)18(13-20-2)15-9-11-17(12-10-15)24(3,22)23;1-2-8-6-4-3-5-7-8/h4-13H,1-3H3;3-7H,2H2,1H3/b19-18-,20-13?;. The third-order valence-corrected chi connectivity index (χ3v) is 5.92. The fourth-order valence-electron chi connectivity index (χ4n) is 3.16. The molecule has 5 heteroatoms. The van der Waals surface area contributed by atoms with Gasteiger partial charge < -0.3 is 0 Å². The van der Waals surface area contributed by atoms with Gasteiger partial charge in [-0.1, -0.05) is 79.7 Å². The van der Waals surface area contributed by atoms with Gasteiger partial charge in [0.25, 0.3) is 0 Å². The summed E-state index contributed by atoms with van der Waals surface area (Å²) in [5.41, 5.74) is 4.16. The predicted octanol–water partition coefficient (Wildman–Crippen LogP) is 5.54. The Labute approximate surface area is 191 Å². The third kappa shape index (κ3) is 7.13. The van der Waals surface area contributed by atoms with Gasteiger partial charge in [0.15, 0.2) is 15.6 Å². The number of aryl methyl sites for hydroxylation is 1. The molecule has 0 aliphatic rings. The van der Waals surface area contributed by atoms with E-state index in [1.165, 1.54) is 24.6 Å². The molecule has 0 atom stereocenters. The number of rotatable bonds is 6. The van der Waals surface area contributed by atoms with Crippen LogP contribution in [0.25, 0.3) is 11.1 Å². The van der Waals surface area contributed by atoms with E-state index in [1.807, 2.05) is 36.4 Å². The summed E-state index contributed by atoms with van der Waals surface area (Å²) in [4.78, 5) is 16.5. The highest BCUT2D eigenvalue weighted by Crippen LogP contribution is 2.27. The van der Waals surface area contributed by atoms with Gasteiger partial charge in [0.05, 0.1) is 4.90 Å². The average molecular weight is 448 g/mol. The number of benzene rings is 3. The second-order valence-corrected chi connectivity index (χ2v) is 9.25. The first-order chi connectivity index (χ1) is 15.3. The van der Waals surface area contributed by atoms with Crippen LogP contribution in [0.3, 0.4) is 0 Å². The van der Waals surface area contributed by atoms with E-state index in [4.69, 9.17) is 0 Å². The molecule has 0 bridgehead atoms. The van der Waals surface area contributed by atoms with Crippen LogP contribution in [0.2, 0.25) is 0 Å². The molecule has 166 valence electrons. The molecule has 0 fully saturated rings. The van der Waals surface area contributed by atoms with Crippen molar-refractivity contribution in [2.24, 2.45) is 4.99 Å². The van der Waals surface area contributed by atoms with E-state index >= 15 is 0 Å². The van der Waals surface area contributed by atoms with E-state index in [9.17, 15) is 13.2 Å². The number of carbonyl (C=O) groups is 1. The number of nitrogens with zero attached hydrogens (tertiary/aromatic N) is 1. The molecule has 3 aromatic rings. The van der Waals surface area contributed by atoms with Gasteiger partial charge >= 0.3 is 0 Å². The van der Waals surface area contributed by atoms with Crippen molar-refractivity contribution < 1.29 is 13.2 Å². The van der Waals surface area contributed by atoms with Gasteiger partial charge in [-0.15, -0.1) is 0 Å². The molecule has 0 N–H and O–H groups in total. The van der Waals surface area contributed by atoms with Gasteiger partial charge in [-0.25, -0.2) is 8.42 Å². The van der Waals surface area contributed by atoms with Gasteiger partial charge in [0, 0.05) is 30.7 Å². The number of allylic oxidation sites excluding steroid dienone is 2. The molecule has 0 unspecified atom stereocenters. The Morgan fingerprint density at radius 1 is 0.844 bits per heavy atom. The first-order valence-corrected chi connectivity index (χ1v) is 12.2. The molecule has 0 aromatic heterocycles. The Balaban J connectivity index is 0.000000380. The highest BCUT2D eigenvalue weighted by atomic mass is 32.2. The number of ketones is 1. The second kappa shape index (κ2) is 11.9. The van der Waals surface area contributed by atoms with Crippen LogP contribution in [0.15, 0.2) is 94.8 Å². The van der Waals surface area contributed by atoms with Crippen molar-refractivity contribution in [3.8, 4) is 0 Å². The molecular weight excluding hydrogens is 418 g/mol. The van der Waals surface area contributed by atoms with Gasteiger partial charge in [-0.2, -0.15) is 0 Å². The van der Waals surface area contributed by atoms with Gasteiger partial charge in [0.2, 0.25) is 0 Å². The summed E-state index contributed by atoms with van der Waals surface area (Å²) in [7, 11) is -1.63. The zero-order chi connectivity index (χ0) is 23.6. The van der Waals surface area contributed by atoms with Crippen molar-refractivity contribution in [2.75, 3.05) is 13.3 Å². The molecule has 0 aliphatic heterocycles. The van der Waals surface area contributed by atoms with Gasteiger partial charge in [-0.05, 0) is 42.2 Å². The normalized spacial score (nSPS) is 12.0. The zero-order valence-corrected chi connectivity index (χ0v) is 19.8. The van der Waals surface area contributed by atoms with Crippen LogP contribution >= 0.6 is 0 Å². The molecule has 0 aliphatic carbocycles. The lowest BCUT2D eigenvalue weighted by atomic mass is 9.93. The molecular formula is C27H29NO3S. The van der Waals surface area contributed by atoms with E-state index in [2.05, 4.69) is 36.2 Å². The van der Waals surface area contributed by atoms with Crippen LogP contribution in [0.5, 0.6) is 0 Å². The smallest absolute Gasteiger partial charge is 0.175 e. The third-order valence-electron chi connectivity index (χ3n) is 4.79. The van der Waals surface area contributed by atoms with E-state index in [0.29, 0.717) is 11.1 Å². The van der Waals surface area contributed by atoms with E-state index in [1.54, 1.807) is 25.4 Å². The van der Waals surface area contributed by atoms with Gasteiger partial charge in [0.1, 0.15) is 0 Å². The quantitative estimate of drug-likeness (QED) is 0.283. The molecule has 32 heavy (non-hydrogen) atoms. The number of hydrogen-bond donors (Lipinski definition) is 0. The Bertz CT molecular complexity index is 1180. The predicted molar refractivity (Wildman–Crippen MR) is 134 cm³/mol. The van der Waals surface area contributed by atoms with Crippen LogP contribution in [-0.4, -0.2) is 33.7 Å². The Kier molecular flexibility index (Phi) is 9.29. The molecule has 3 aromatic carbocycles. The second-order valence-electron chi connectivity index (χ2n) is 7.23. The van der Waals surface area contributed by atoms with Crippen molar-refractivity contribution in [1.29, 1.82) is 0 Å². The molecule has 0 spiro atoms. The first-order valence-electron chi connectivity index (χ1n) is 10.3. The minimum atomic E-state index is -3.26. The van der Waals surface area contributed by atoms with Crippen LogP contribution in [-0.2, 0) is 21.1 Å². The molecule has 0 saturated heterocycles.